The molecule has 2 aliphatic rings. The van der Waals surface area contributed by atoms with Gasteiger partial charge in [-0.2, -0.15) is 0 Å². The molecule has 0 saturated carbocycles. The van der Waals surface area contributed by atoms with Crippen LogP contribution in [-0.4, -0.2) is 53.0 Å². The first kappa shape index (κ1) is 25.1. The molecule has 2 aromatic carbocycles. The Morgan fingerprint density at radius 3 is 2.37 bits per heavy atom. The summed E-state index contributed by atoms with van der Waals surface area (Å²) in [5, 5.41) is 12.3. The lowest BCUT2D eigenvalue weighted by Crippen LogP contribution is -2.45. The monoisotopic (exact) mass is 494 g/mol. The molecule has 3 atom stereocenters. The molecule has 2 aromatic rings. The Morgan fingerprint density at radius 1 is 1.11 bits per heavy atom. The fourth-order valence-corrected chi connectivity index (χ4v) is 4.52. The fourth-order valence-electron chi connectivity index (χ4n) is 4.52. The average molecular weight is 495 g/mol. The Morgan fingerprint density at radius 2 is 1.77 bits per heavy atom. The third-order valence-electron chi connectivity index (χ3n) is 6.30. The summed E-state index contributed by atoms with van der Waals surface area (Å²) in [4.78, 5) is 14.7. The van der Waals surface area contributed by atoms with Crippen LogP contribution in [0.1, 0.15) is 38.3 Å². The first-order valence-electron chi connectivity index (χ1n) is 11.5. The largest absolute Gasteiger partial charge is 0.573 e. The van der Waals surface area contributed by atoms with Gasteiger partial charge in [-0.15, -0.1) is 13.2 Å². The highest BCUT2D eigenvalue weighted by atomic mass is 19.4. The molecule has 7 nitrogen and oxygen atoms in total. The first-order valence-corrected chi connectivity index (χ1v) is 11.5. The van der Waals surface area contributed by atoms with E-state index in [-0.39, 0.29) is 23.9 Å². The van der Waals surface area contributed by atoms with Gasteiger partial charge in [0.15, 0.2) is 12.4 Å². The minimum atomic E-state index is -4.77. The third-order valence-corrected chi connectivity index (χ3v) is 6.30. The number of carbonyl (C=O) groups is 1. The molecule has 0 radical (unpaired) electrons. The second-order valence-electron chi connectivity index (χ2n) is 9.27. The maximum absolute atomic E-state index is 12.9. The standard InChI is InChI=1S/C25H29F3N2O5/c1-4-30(23(32)29-17-7-11-19(12-8-17)35-25(26,27)28)18-9-5-16-14-20(10-6-15(16)13-18)34-24(2,3)21-22(31)33-21/h6-8,10-12,14,18,21-22,31H,4-5,9,13H2,1-3H3,(H,29,32). The quantitative estimate of drug-likeness (QED) is 0.537. The molecule has 2 N–H and O–H groups in total. The van der Waals surface area contributed by atoms with Gasteiger partial charge in [0.05, 0.1) is 0 Å². The third kappa shape index (κ3) is 6.18. The number of ether oxygens (including phenoxy) is 3. The second kappa shape index (κ2) is 9.58. The number of hydrogen-bond acceptors (Lipinski definition) is 5. The normalized spacial score (nSPS) is 21.6. The highest BCUT2D eigenvalue weighted by Gasteiger charge is 2.51. The van der Waals surface area contributed by atoms with Crippen LogP contribution in [0.2, 0.25) is 0 Å². The topological polar surface area (TPSA) is 83.6 Å². The van der Waals surface area contributed by atoms with E-state index < -0.39 is 18.3 Å². The summed E-state index contributed by atoms with van der Waals surface area (Å²) in [6, 6.07) is 10.6. The van der Waals surface area contributed by atoms with Gasteiger partial charge in [-0.3, -0.25) is 0 Å². The summed E-state index contributed by atoms with van der Waals surface area (Å²) in [5.41, 5.74) is 2.02. The van der Waals surface area contributed by atoms with E-state index in [1.165, 1.54) is 12.1 Å². The van der Waals surface area contributed by atoms with Crippen molar-refractivity contribution in [1.29, 1.82) is 0 Å². The van der Waals surface area contributed by atoms with Crippen LogP contribution in [0.4, 0.5) is 23.7 Å². The molecule has 10 heteroatoms. The molecule has 1 saturated heterocycles. The molecule has 4 rings (SSSR count). The number of nitrogens with zero attached hydrogens (tertiary/aromatic N) is 1. The summed E-state index contributed by atoms with van der Waals surface area (Å²) < 4.78 is 52.1. The Balaban J connectivity index is 1.37. The van der Waals surface area contributed by atoms with Crippen LogP contribution in [0.5, 0.6) is 11.5 Å². The number of amides is 2. The van der Waals surface area contributed by atoms with Crippen LogP contribution in [0, 0.1) is 0 Å². The maximum Gasteiger partial charge on any atom is 0.573 e. The number of carbonyl (C=O) groups excluding carboxylic acids is 1. The van der Waals surface area contributed by atoms with Crippen LogP contribution in [0.25, 0.3) is 0 Å². The van der Waals surface area contributed by atoms with Crippen molar-refractivity contribution in [3.63, 3.8) is 0 Å². The maximum atomic E-state index is 12.9. The molecule has 35 heavy (non-hydrogen) atoms. The van der Waals surface area contributed by atoms with Crippen molar-refractivity contribution in [2.45, 2.75) is 70.4 Å². The number of rotatable bonds is 7. The van der Waals surface area contributed by atoms with Gasteiger partial charge in [-0.05, 0) is 87.6 Å². The number of aliphatic hydroxyl groups excluding tert-OH is 1. The van der Waals surface area contributed by atoms with E-state index in [9.17, 15) is 23.1 Å². The average Bonchev–Trinajstić information content (AvgIpc) is 3.52. The SMILES string of the molecule is CCN(C(=O)Nc1ccc(OC(F)(F)F)cc1)C1CCc2cc(OC(C)(C)C3OC3O)ccc2C1. The Labute approximate surface area is 201 Å². The predicted octanol–water partition coefficient (Wildman–Crippen LogP) is 4.87. The van der Waals surface area contributed by atoms with Crippen molar-refractivity contribution in [2.24, 2.45) is 0 Å². The predicted molar refractivity (Wildman–Crippen MR) is 122 cm³/mol. The number of benzene rings is 2. The number of anilines is 1. The lowest BCUT2D eigenvalue weighted by molar-refractivity contribution is -0.274. The number of halogens is 3. The van der Waals surface area contributed by atoms with Gasteiger partial charge in [0, 0.05) is 18.3 Å². The zero-order chi connectivity index (χ0) is 25.4. The van der Waals surface area contributed by atoms with Gasteiger partial charge in [0.2, 0.25) is 0 Å². The van der Waals surface area contributed by atoms with E-state index >= 15 is 0 Å². The molecule has 0 spiro atoms. The minimum absolute atomic E-state index is 0.0152. The van der Waals surface area contributed by atoms with E-state index in [1.54, 1.807) is 4.90 Å². The molecule has 190 valence electrons. The van der Waals surface area contributed by atoms with Crippen LogP contribution in [0.15, 0.2) is 42.5 Å². The number of hydrogen-bond donors (Lipinski definition) is 2. The van der Waals surface area contributed by atoms with E-state index in [0.717, 1.165) is 36.1 Å². The van der Waals surface area contributed by atoms with Crippen LogP contribution in [-0.2, 0) is 17.6 Å². The molecule has 3 unspecified atom stereocenters. The summed E-state index contributed by atoms with van der Waals surface area (Å²) >= 11 is 0. The number of likely N-dealkylation sites (N-methyl/N-ethyl adjacent to an activating group) is 1. The summed E-state index contributed by atoms with van der Waals surface area (Å²) in [6.07, 6.45) is -3.69. The Hall–Kier alpha value is -2.98. The van der Waals surface area contributed by atoms with Crippen molar-refractivity contribution in [2.75, 3.05) is 11.9 Å². The molecule has 0 bridgehead atoms. The highest BCUT2D eigenvalue weighted by molar-refractivity contribution is 5.89. The van der Waals surface area contributed by atoms with Gasteiger partial charge in [0.25, 0.3) is 0 Å². The molecule has 1 heterocycles. The van der Waals surface area contributed by atoms with E-state index in [0.29, 0.717) is 24.4 Å². The van der Waals surface area contributed by atoms with E-state index in [1.807, 2.05) is 39.0 Å². The van der Waals surface area contributed by atoms with E-state index in [4.69, 9.17) is 9.47 Å². The van der Waals surface area contributed by atoms with Gasteiger partial charge in [-0.25, -0.2) is 4.79 Å². The number of epoxide rings is 1. The summed E-state index contributed by atoms with van der Waals surface area (Å²) in [7, 11) is 0. The zero-order valence-electron chi connectivity index (χ0n) is 19.8. The van der Waals surface area contributed by atoms with E-state index in [2.05, 4.69) is 10.1 Å². The summed E-state index contributed by atoms with van der Waals surface area (Å²) in [5.74, 6) is 0.359. The molecule has 1 aliphatic carbocycles. The smallest absolute Gasteiger partial charge is 0.485 e. The molecular formula is C25H29F3N2O5. The highest BCUT2D eigenvalue weighted by Crippen LogP contribution is 2.36. The molecular weight excluding hydrogens is 465 g/mol. The molecule has 0 aromatic heterocycles. The molecule has 1 aliphatic heterocycles. The number of aliphatic hydroxyl groups is 1. The van der Waals surface area contributed by atoms with Gasteiger partial charge < -0.3 is 29.5 Å². The van der Waals surface area contributed by atoms with Crippen molar-refractivity contribution in [3.05, 3.63) is 53.6 Å². The molecule has 2 amide bonds. The van der Waals surface area contributed by atoms with Gasteiger partial charge >= 0.3 is 12.4 Å². The van der Waals surface area contributed by atoms with Crippen LogP contribution in [0.3, 0.4) is 0 Å². The number of aryl methyl sites for hydroxylation is 1. The summed E-state index contributed by atoms with van der Waals surface area (Å²) in [6.45, 7) is 6.12. The first-order chi connectivity index (χ1) is 16.4. The Kier molecular flexibility index (Phi) is 6.88. The molecule has 1 fully saturated rings. The van der Waals surface area contributed by atoms with Gasteiger partial charge in [-0.1, -0.05) is 6.07 Å². The number of urea groups is 1. The van der Waals surface area contributed by atoms with Crippen molar-refractivity contribution in [1.82, 2.24) is 4.90 Å². The fraction of sp³-hybridized carbons (Fsp3) is 0.480. The van der Waals surface area contributed by atoms with Crippen molar-refractivity contribution >= 4 is 11.7 Å². The van der Waals surface area contributed by atoms with Crippen molar-refractivity contribution < 1.29 is 37.3 Å². The Bertz CT molecular complexity index is 1060. The zero-order valence-corrected chi connectivity index (χ0v) is 19.8. The lowest BCUT2D eigenvalue weighted by atomic mass is 9.87. The number of alkyl halides is 3. The van der Waals surface area contributed by atoms with Crippen molar-refractivity contribution in [3.8, 4) is 11.5 Å². The van der Waals surface area contributed by atoms with Crippen LogP contribution >= 0.6 is 0 Å². The lowest BCUT2D eigenvalue weighted by Gasteiger charge is -2.35. The number of fused-ring (bicyclic) bond motifs is 1. The second-order valence-corrected chi connectivity index (χ2v) is 9.27. The van der Waals surface area contributed by atoms with Crippen LogP contribution < -0.4 is 14.8 Å². The minimum Gasteiger partial charge on any atom is -0.485 e. The van der Waals surface area contributed by atoms with Gasteiger partial charge in [0.1, 0.15) is 17.1 Å². The number of nitrogens with one attached hydrogen (secondary N) is 1.